The number of esters is 4. The van der Waals surface area contributed by atoms with Gasteiger partial charge in [0.05, 0.1) is 26.4 Å². The summed E-state index contributed by atoms with van der Waals surface area (Å²) in [6.45, 7) is 7.20. The van der Waals surface area contributed by atoms with Crippen LogP contribution in [0.5, 0.6) is 0 Å². The van der Waals surface area contributed by atoms with Crippen LogP contribution < -0.4 is 0 Å². The molecule has 0 amide bonds. The van der Waals surface area contributed by atoms with Gasteiger partial charge in [-0.15, -0.1) is 0 Å². The molecule has 0 aliphatic rings. The Hall–Kier alpha value is -1.94. The van der Waals surface area contributed by atoms with Crippen molar-refractivity contribution in [2.24, 2.45) is 5.92 Å². The minimum Gasteiger partial charge on any atom is -0.462 e. The summed E-state index contributed by atoms with van der Waals surface area (Å²) in [7, 11) is -9.89. The van der Waals surface area contributed by atoms with Crippen molar-refractivity contribution in [3.63, 3.8) is 0 Å². The van der Waals surface area contributed by atoms with E-state index in [0.29, 0.717) is 25.7 Å². The number of carbonyl (C=O) groups excluding carboxylic acids is 4. The normalized spacial score (nSPS) is 14.0. The number of hydrogen-bond donors (Lipinski definition) is 3. The van der Waals surface area contributed by atoms with Crippen LogP contribution in [-0.2, 0) is 65.4 Å². The molecular weight excluding hydrogens is 1230 g/mol. The molecule has 5 atom stereocenters. The third-order valence-corrected chi connectivity index (χ3v) is 19.4. The van der Waals surface area contributed by atoms with E-state index < -0.39 is 97.5 Å². The average Bonchev–Trinajstić information content (AvgIpc) is 2.14. The number of aliphatic hydroxyl groups is 1. The summed E-state index contributed by atoms with van der Waals surface area (Å²) in [4.78, 5) is 72.4. The molecule has 0 spiro atoms. The molecule has 17 nitrogen and oxygen atoms in total. The molecule has 19 heteroatoms. The van der Waals surface area contributed by atoms with Crippen molar-refractivity contribution in [2.45, 2.75) is 412 Å². The average molecular weight is 1380 g/mol. The van der Waals surface area contributed by atoms with Crippen molar-refractivity contribution in [2.75, 3.05) is 39.6 Å². The van der Waals surface area contributed by atoms with E-state index in [0.717, 1.165) is 102 Å². The third-order valence-electron chi connectivity index (χ3n) is 17.5. The zero-order valence-electron chi connectivity index (χ0n) is 61.1. The molecule has 558 valence electrons. The minimum absolute atomic E-state index is 0.105. The van der Waals surface area contributed by atoms with Crippen LogP contribution in [0.3, 0.4) is 0 Å². The molecule has 0 fully saturated rings. The Kier molecular flexibility index (Phi) is 66.8. The van der Waals surface area contributed by atoms with Crippen molar-refractivity contribution in [3.05, 3.63) is 0 Å². The maximum Gasteiger partial charge on any atom is 0.472 e. The van der Waals surface area contributed by atoms with Crippen LogP contribution in [0, 0.1) is 5.92 Å². The highest BCUT2D eigenvalue weighted by Gasteiger charge is 2.30. The van der Waals surface area contributed by atoms with E-state index in [1.54, 1.807) is 0 Å². The number of phosphoric ester groups is 2. The number of aliphatic hydroxyl groups excluding tert-OH is 1. The maximum absolute atomic E-state index is 13.1. The Balaban J connectivity index is 5.09. The molecule has 0 aromatic rings. The SMILES string of the molecule is CCCCCCCCCCCCCCCCCCCCCCCC(=O)O[C@H](COC(=O)CCCCCCCCCCCCCCCCCCC(C)C)COP(=O)(O)OC[C@@H](O)COP(=O)(O)OC[C@@H](COC(=O)CCCCCCC)OC(=O)CCCCCCCCCCC. The molecule has 0 aromatic carbocycles. The molecular formula is C75H146O17P2. The molecule has 0 rings (SSSR count). The van der Waals surface area contributed by atoms with Crippen LogP contribution in [0.1, 0.15) is 394 Å². The van der Waals surface area contributed by atoms with Crippen LogP contribution in [0.2, 0.25) is 0 Å². The fourth-order valence-electron chi connectivity index (χ4n) is 11.5. The van der Waals surface area contributed by atoms with Gasteiger partial charge in [0, 0.05) is 25.7 Å². The predicted molar refractivity (Wildman–Crippen MR) is 382 cm³/mol. The lowest BCUT2D eigenvalue weighted by Gasteiger charge is -2.21. The van der Waals surface area contributed by atoms with E-state index in [2.05, 4.69) is 34.6 Å². The van der Waals surface area contributed by atoms with Gasteiger partial charge in [-0.1, -0.05) is 343 Å². The first-order valence-corrected chi connectivity index (χ1v) is 42.1. The van der Waals surface area contributed by atoms with Crippen LogP contribution in [0.4, 0.5) is 0 Å². The highest BCUT2D eigenvalue weighted by molar-refractivity contribution is 7.47. The van der Waals surface area contributed by atoms with E-state index in [1.165, 1.54) is 212 Å². The Morgan fingerprint density at radius 3 is 0.723 bits per heavy atom. The van der Waals surface area contributed by atoms with E-state index in [-0.39, 0.29) is 25.7 Å². The van der Waals surface area contributed by atoms with Gasteiger partial charge in [-0.25, -0.2) is 9.13 Å². The van der Waals surface area contributed by atoms with Gasteiger partial charge in [-0.2, -0.15) is 0 Å². The Morgan fingerprint density at radius 1 is 0.287 bits per heavy atom. The van der Waals surface area contributed by atoms with Crippen molar-refractivity contribution in [3.8, 4) is 0 Å². The number of carbonyl (C=O) groups is 4. The molecule has 2 unspecified atom stereocenters. The lowest BCUT2D eigenvalue weighted by molar-refractivity contribution is -0.161. The molecule has 0 saturated carbocycles. The van der Waals surface area contributed by atoms with Gasteiger partial charge < -0.3 is 33.8 Å². The second-order valence-electron chi connectivity index (χ2n) is 27.5. The maximum atomic E-state index is 13.1. The molecule has 0 bridgehead atoms. The summed E-state index contributed by atoms with van der Waals surface area (Å²) < 4.78 is 68.2. The molecule has 0 aliphatic carbocycles. The first-order chi connectivity index (χ1) is 45.5. The predicted octanol–water partition coefficient (Wildman–Crippen LogP) is 22.1. The summed E-state index contributed by atoms with van der Waals surface area (Å²) in [5.41, 5.74) is 0. The van der Waals surface area contributed by atoms with Crippen LogP contribution in [0.25, 0.3) is 0 Å². The highest BCUT2D eigenvalue weighted by Crippen LogP contribution is 2.45. The molecule has 94 heavy (non-hydrogen) atoms. The van der Waals surface area contributed by atoms with E-state index in [9.17, 15) is 43.2 Å². The van der Waals surface area contributed by atoms with Gasteiger partial charge in [0.2, 0.25) is 0 Å². The first kappa shape index (κ1) is 92.1. The van der Waals surface area contributed by atoms with Gasteiger partial charge in [-0.3, -0.25) is 37.3 Å². The summed E-state index contributed by atoms with van der Waals surface area (Å²) in [6.07, 6.45) is 57.5. The molecule has 3 N–H and O–H groups in total. The number of phosphoric acid groups is 2. The van der Waals surface area contributed by atoms with Crippen LogP contribution in [0.15, 0.2) is 0 Å². The molecule has 0 aliphatic heterocycles. The zero-order chi connectivity index (χ0) is 69.1. The molecule has 0 saturated heterocycles. The van der Waals surface area contributed by atoms with Crippen molar-refractivity contribution < 1.29 is 80.2 Å². The Bertz CT molecular complexity index is 1810. The molecule has 0 radical (unpaired) electrons. The Morgan fingerprint density at radius 2 is 0.489 bits per heavy atom. The lowest BCUT2D eigenvalue weighted by Crippen LogP contribution is -2.30. The van der Waals surface area contributed by atoms with E-state index >= 15 is 0 Å². The number of rotatable bonds is 75. The first-order valence-electron chi connectivity index (χ1n) is 39.1. The van der Waals surface area contributed by atoms with Gasteiger partial charge in [0.1, 0.15) is 19.3 Å². The second-order valence-corrected chi connectivity index (χ2v) is 30.4. The second kappa shape index (κ2) is 68.2. The molecule has 0 heterocycles. The molecule has 0 aromatic heterocycles. The minimum atomic E-state index is -4.95. The quantitative estimate of drug-likeness (QED) is 0.0222. The lowest BCUT2D eigenvalue weighted by atomic mass is 10.0. The standard InChI is InChI=1S/C75H146O17P2/c1-6-9-12-15-17-19-20-21-22-23-24-25-26-27-32-35-38-42-46-51-56-61-75(80)92-71(65-86-73(78)59-54-49-44-41-37-34-31-29-28-30-33-36-40-43-48-52-57-68(4)5)67-90-94(83,84)88-63-69(76)62-87-93(81,82)89-66-70(64-85-72(77)58-53-47-14-11-8-3)91-74(79)60-55-50-45-39-18-16-13-10-7-2/h68-71,76H,6-67H2,1-5H3,(H,81,82)(H,83,84)/t69-,70+,71+/m0/s1. The fraction of sp³-hybridized carbons (Fsp3) is 0.947. The fourth-order valence-corrected chi connectivity index (χ4v) is 13.1. The summed E-state index contributed by atoms with van der Waals surface area (Å²) >= 11 is 0. The monoisotopic (exact) mass is 1380 g/mol. The highest BCUT2D eigenvalue weighted by atomic mass is 31.2. The number of ether oxygens (including phenoxy) is 4. The summed E-state index contributed by atoms with van der Waals surface area (Å²) in [5, 5.41) is 10.6. The van der Waals surface area contributed by atoms with Gasteiger partial charge in [-0.05, 0) is 31.6 Å². The summed E-state index contributed by atoms with van der Waals surface area (Å²) in [5.74, 6) is -1.32. The van der Waals surface area contributed by atoms with Crippen molar-refractivity contribution >= 4 is 39.5 Å². The van der Waals surface area contributed by atoms with Gasteiger partial charge in [0.15, 0.2) is 12.2 Å². The largest absolute Gasteiger partial charge is 0.472 e. The third kappa shape index (κ3) is 68.6. The number of hydrogen-bond acceptors (Lipinski definition) is 15. The van der Waals surface area contributed by atoms with Crippen LogP contribution in [-0.4, -0.2) is 96.7 Å². The smallest absolute Gasteiger partial charge is 0.462 e. The van der Waals surface area contributed by atoms with E-state index in [1.807, 2.05) is 0 Å². The van der Waals surface area contributed by atoms with Crippen molar-refractivity contribution in [1.29, 1.82) is 0 Å². The zero-order valence-corrected chi connectivity index (χ0v) is 62.9. The topological polar surface area (TPSA) is 237 Å². The van der Waals surface area contributed by atoms with Crippen molar-refractivity contribution in [1.82, 2.24) is 0 Å². The number of unbranched alkanes of at least 4 members (excludes halogenated alkanes) is 47. The van der Waals surface area contributed by atoms with E-state index in [4.69, 9.17) is 37.0 Å². The van der Waals surface area contributed by atoms with Gasteiger partial charge in [0.25, 0.3) is 0 Å². The van der Waals surface area contributed by atoms with Crippen LogP contribution >= 0.6 is 15.6 Å². The summed E-state index contributed by atoms with van der Waals surface area (Å²) in [6, 6.07) is 0. The Labute approximate surface area is 575 Å². The van der Waals surface area contributed by atoms with Gasteiger partial charge >= 0.3 is 39.5 Å².